The van der Waals surface area contributed by atoms with Crippen LogP contribution in [-0.2, 0) is 4.89 Å². The average molecular weight is 116 g/mol. The van der Waals surface area contributed by atoms with Gasteiger partial charge in [0.1, 0.15) is 0 Å². The molecule has 0 aromatic carbocycles. The van der Waals surface area contributed by atoms with Crippen molar-refractivity contribution in [3.8, 4) is 0 Å². The van der Waals surface area contributed by atoms with Gasteiger partial charge in [-0.15, -0.1) is 6.58 Å². The van der Waals surface area contributed by atoms with E-state index >= 15 is 0 Å². The van der Waals surface area contributed by atoms with Crippen LogP contribution in [0.1, 0.15) is 19.3 Å². The Hall–Kier alpha value is -0.340. The third kappa shape index (κ3) is 5.66. The standard InChI is InChI=1S/C6H12O2/c1-2-3-4-5-6-8-7/h2,7H,1,3-6H2. The fourth-order valence-corrected chi connectivity index (χ4v) is 0.455. The third-order valence-electron chi connectivity index (χ3n) is 0.894. The van der Waals surface area contributed by atoms with E-state index in [1.807, 2.05) is 6.08 Å². The predicted octanol–water partition coefficient (Wildman–Crippen LogP) is 1.83. The van der Waals surface area contributed by atoms with Crippen LogP contribution in [0.2, 0.25) is 0 Å². The molecule has 8 heavy (non-hydrogen) atoms. The average Bonchev–Trinajstić information content (AvgIpc) is 1.81. The Morgan fingerprint density at radius 2 is 2.25 bits per heavy atom. The molecule has 0 aliphatic carbocycles. The molecule has 0 aromatic heterocycles. The minimum Gasteiger partial charge on any atom is -0.252 e. The van der Waals surface area contributed by atoms with Gasteiger partial charge in [-0.05, 0) is 19.3 Å². The topological polar surface area (TPSA) is 29.5 Å². The van der Waals surface area contributed by atoms with Crippen molar-refractivity contribution < 1.29 is 10.1 Å². The first-order chi connectivity index (χ1) is 3.91. The minimum absolute atomic E-state index is 0.438. The van der Waals surface area contributed by atoms with Gasteiger partial charge in [-0.25, -0.2) is 4.89 Å². The molecule has 0 atom stereocenters. The first-order valence-electron chi connectivity index (χ1n) is 2.79. The molecule has 0 heterocycles. The Labute approximate surface area is 49.7 Å². The van der Waals surface area contributed by atoms with Crippen molar-refractivity contribution in [3.05, 3.63) is 12.7 Å². The summed E-state index contributed by atoms with van der Waals surface area (Å²) in [4.78, 5) is 3.85. The lowest BCUT2D eigenvalue weighted by Gasteiger charge is -1.91. The number of rotatable bonds is 5. The van der Waals surface area contributed by atoms with Gasteiger partial charge in [0.2, 0.25) is 0 Å². The fourth-order valence-electron chi connectivity index (χ4n) is 0.455. The lowest BCUT2D eigenvalue weighted by Crippen LogP contribution is -1.86. The maximum atomic E-state index is 7.84. The molecule has 0 saturated heterocycles. The Morgan fingerprint density at radius 1 is 1.50 bits per heavy atom. The second-order valence-corrected chi connectivity index (χ2v) is 1.62. The van der Waals surface area contributed by atoms with Gasteiger partial charge in [0.05, 0.1) is 6.61 Å². The highest BCUT2D eigenvalue weighted by Gasteiger charge is 1.82. The Balaban J connectivity index is 2.62. The first-order valence-corrected chi connectivity index (χ1v) is 2.79. The summed E-state index contributed by atoms with van der Waals surface area (Å²) in [7, 11) is 0. The number of hydrogen-bond acceptors (Lipinski definition) is 2. The van der Waals surface area contributed by atoms with E-state index in [4.69, 9.17) is 5.26 Å². The Morgan fingerprint density at radius 3 is 2.75 bits per heavy atom. The molecule has 0 unspecified atom stereocenters. The predicted molar refractivity (Wildman–Crippen MR) is 32.6 cm³/mol. The summed E-state index contributed by atoms with van der Waals surface area (Å²) in [6, 6.07) is 0. The maximum Gasteiger partial charge on any atom is 0.0819 e. The molecule has 0 fully saturated rings. The molecule has 0 radical (unpaired) electrons. The zero-order valence-corrected chi connectivity index (χ0v) is 4.97. The van der Waals surface area contributed by atoms with Crippen LogP contribution in [0.25, 0.3) is 0 Å². The van der Waals surface area contributed by atoms with E-state index in [2.05, 4.69) is 11.5 Å². The van der Waals surface area contributed by atoms with E-state index in [0.717, 1.165) is 19.3 Å². The van der Waals surface area contributed by atoms with Crippen LogP contribution in [0.15, 0.2) is 12.7 Å². The van der Waals surface area contributed by atoms with Crippen molar-refractivity contribution in [3.63, 3.8) is 0 Å². The van der Waals surface area contributed by atoms with Crippen molar-refractivity contribution in [2.75, 3.05) is 6.61 Å². The number of unbranched alkanes of at least 4 members (excludes halogenated alkanes) is 2. The molecule has 0 amide bonds. The summed E-state index contributed by atoms with van der Waals surface area (Å²) >= 11 is 0. The van der Waals surface area contributed by atoms with Gasteiger partial charge in [0.15, 0.2) is 0 Å². The normalized spacial score (nSPS) is 9.12. The van der Waals surface area contributed by atoms with Gasteiger partial charge in [0.25, 0.3) is 0 Å². The second-order valence-electron chi connectivity index (χ2n) is 1.62. The SMILES string of the molecule is C=CCCCCOO. The zero-order chi connectivity index (χ0) is 6.24. The fraction of sp³-hybridized carbons (Fsp3) is 0.667. The van der Waals surface area contributed by atoms with E-state index in [1.165, 1.54) is 0 Å². The van der Waals surface area contributed by atoms with Gasteiger partial charge in [-0.1, -0.05) is 6.08 Å². The summed E-state index contributed by atoms with van der Waals surface area (Å²) in [5, 5.41) is 7.84. The monoisotopic (exact) mass is 116 g/mol. The van der Waals surface area contributed by atoms with Crippen LogP contribution in [0, 0.1) is 0 Å². The summed E-state index contributed by atoms with van der Waals surface area (Å²) in [6.45, 7) is 3.99. The molecule has 0 rings (SSSR count). The zero-order valence-electron chi connectivity index (χ0n) is 4.97. The molecule has 0 spiro atoms. The molecular formula is C6H12O2. The molecule has 2 heteroatoms. The summed E-state index contributed by atoms with van der Waals surface area (Å²) < 4.78 is 0. The van der Waals surface area contributed by atoms with Gasteiger partial charge < -0.3 is 0 Å². The molecule has 0 aliphatic rings. The van der Waals surface area contributed by atoms with Gasteiger partial charge >= 0.3 is 0 Å². The lowest BCUT2D eigenvalue weighted by atomic mass is 10.2. The molecule has 0 saturated carbocycles. The quantitative estimate of drug-likeness (QED) is 0.257. The van der Waals surface area contributed by atoms with Crippen molar-refractivity contribution >= 4 is 0 Å². The molecule has 0 aromatic rings. The van der Waals surface area contributed by atoms with E-state index in [-0.39, 0.29) is 0 Å². The van der Waals surface area contributed by atoms with Crippen LogP contribution < -0.4 is 0 Å². The van der Waals surface area contributed by atoms with Crippen molar-refractivity contribution in [2.24, 2.45) is 0 Å². The van der Waals surface area contributed by atoms with Crippen LogP contribution >= 0.6 is 0 Å². The molecule has 0 aliphatic heterocycles. The molecule has 0 bridgehead atoms. The first kappa shape index (κ1) is 7.66. The van der Waals surface area contributed by atoms with E-state index in [0.29, 0.717) is 6.61 Å². The highest BCUT2D eigenvalue weighted by Crippen LogP contribution is 1.94. The van der Waals surface area contributed by atoms with Gasteiger partial charge in [-0.2, -0.15) is 0 Å². The van der Waals surface area contributed by atoms with Crippen molar-refractivity contribution in [2.45, 2.75) is 19.3 Å². The van der Waals surface area contributed by atoms with Crippen LogP contribution in [0.4, 0.5) is 0 Å². The minimum atomic E-state index is 0.438. The highest BCUT2D eigenvalue weighted by atomic mass is 17.1. The summed E-state index contributed by atoms with van der Waals surface area (Å²) in [6.07, 6.45) is 4.81. The third-order valence-corrected chi connectivity index (χ3v) is 0.894. The van der Waals surface area contributed by atoms with Crippen molar-refractivity contribution in [1.82, 2.24) is 0 Å². The summed E-state index contributed by atoms with van der Waals surface area (Å²) in [5.74, 6) is 0. The number of hydrogen-bond donors (Lipinski definition) is 1. The smallest absolute Gasteiger partial charge is 0.0819 e. The Kier molecular flexibility index (Phi) is 6.38. The van der Waals surface area contributed by atoms with E-state index in [1.54, 1.807) is 0 Å². The highest BCUT2D eigenvalue weighted by molar-refractivity contribution is 4.64. The molecule has 2 nitrogen and oxygen atoms in total. The molecular weight excluding hydrogens is 104 g/mol. The van der Waals surface area contributed by atoms with Crippen LogP contribution in [0.3, 0.4) is 0 Å². The lowest BCUT2D eigenvalue weighted by molar-refractivity contribution is -0.242. The Bertz CT molecular complexity index is 52.5. The largest absolute Gasteiger partial charge is 0.252 e. The van der Waals surface area contributed by atoms with E-state index < -0.39 is 0 Å². The van der Waals surface area contributed by atoms with Gasteiger partial charge in [-0.3, -0.25) is 5.26 Å². The van der Waals surface area contributed by atoms with Crippen molar-refractivity contribution in [1.29, 1.82) is 0 Å². The maximum absolute atomic E-state index is 7.84. The van der Waals surface area contributed by atoms with E-state index in [9.17, 15) is 0 Å². The molecule has 1 N–H and O–H groups in total. The van der Waals surface area contributed by atoms with Crippen LogP contribution in [0.5, 0.6) is 0 Å². The second kappa shape index (κ2) is 6.66. The van der Waals surface area contributed by atoms with Gasteiger partial charge in [0, 0.05) is 0 Å². The molecule has 48 valence electrons. The number of allylic oxidation sites excluding steroid dienone is 1. The summed E-state index contributed by atoms with van der Waals surface area (Å²) in [5.41, 5.74) is 0. The van der Waals surface area contributed by atoms with Crippen LogP contribution in [-0.4, -0.2) is 11.9 Å².